The Kier molecular flexibility index (Phi) is 6.50. The molecule has 0 spiro atoms. The Labute approximate surface area is 188 Å². The topological polar surface area (TPSA) is 45.7 Å². The van der Waals surface area contributed by atoms with Crippen LogP contribution >= 0.6 is 11.3 Å². The highest BCUT2D eigenvalue weighted by Crippen LogP contribution is 2.33. The van der Waals surface area contributed by atoms with Crippen LogP contribution in [0.2, 0.25) is 0 Å². The number of thiazole rings is 1. The number of carbonyl (C=O) groups is 1. The Morgan fingerprint density at radius 2 is 1.78 bits per heavy atom. The van der Waals surface area contributed by atoms with Gasteiger partial charge >= 0.3 is 6.18 Å². The number of amides is 1. The molecule has 170 valence electrons. The number of rotatable bonds is 5. The van der Waals surface area contributed by atoms with Crippen molar-refractivity contribution in [1.29, 1.82) is 0 Å². The number of fused-ring (bicyclic) bond motifs is 1. The van der Waals surface area contributed by atoms with Crippen LogP contribution in [-0.4, -0.2) is 55.2 Å². The third-order valence-electron chi connectivity index (χ3n) is 5.67. The molecular weight excluding hydrogens is 439 g/mol. The molecule has 0 unspecified atom stereocenters. The van der Waals surface area contributed by atoms with Crippen LogP contribution in [0, 0.1) is 13.8 Å². The molecule has 0 radical (unpaired) electrons. The van der Waals surface area contributed by atoms with Crippen molar-refractivity contribution in [3.05, 3.63) is 58.7 Å². The number of ether oxygens (including phenoxy) is 1. The highest BCUT2D eigenvalue weighted by atomic mass is 32.1. The lowest BCUT2D eigenvalue weighted by molar-refractivity contribution is -0.137. The molecule has 0 atom stereocenters. The van der Waals surface area contributed by atoms with Crippen LogP contribution in [0.4, 0.5) is 18.3 Å². The van der Waals surface area contributed by atoms with Gasteiger partial charge in [0.25, 0.3) is 5.91 Å². The number of aryl methyl sites for hydroxylation is 2. The van der Waals surface area contributed by atoms with Crippen molar-refractivity contribution >= 4 is 32.6 Å². The van der Waals surface area contributed by atoms with E-state index in [0.717, 1.165) is 46.6 Å². The number of alkyl halides is 3. The summed E-state index contributed by atoms with van der Waals surface area (Å²) in [4.78, 5) is 21.8. The molecule has 2 heterocycles. The standard InChI is InChI=1S/C23H24F3N3O2S/c1-15-13-19-20(14-16(15)2)32-22(27-19)29(8-7-28-9-11-31-12-10-28)21(30)17-3-5-18(6-4-17)23(24,25)26/h3-6,13-14H,7-12H2,1-2H3. The number of anilines is 1. The SMILES string of the molecule is Cc1cc2nc(N(CCN3CCOCC3)C(=O)c3ccc(C(F)(F)F)cc3)sc2cc1C. The largest absolute Gasteiger partial charge is 0.416 e. The third kappa shape index (κ3) is 4.95. The maximum atomic E-state index is 13.4. The minimum absolute atomic E-state index is 0.201. The lowest BCUT2D eigenvalue weighted by Gasteiger charge is -2.29. The second-order valence-corrected chi connectivity index (χ2v) is 8.90. The van der Waals surface area contributed by atoms with Gasteiger partial charge in [-0.05, 0) is 61.4 Å². The lowest BCUT2D eigenvalue weighted by atomic mass is 10.1. The van der Waals surface area contributed by atoms with Crippen LogP contribution in [0.25, 0.3) is 10.2 Å². The molecule has 1 aromatic heterocycles. The van der Waals surface area contributed by atoms with Crippen LogP contribution in [-0.2, 0) is 10.9 Å². The van der Waals surface area contributed by atoms with E-state index in [1.54, 1.807) is 4.90 Å². The minimum Gasteiger partial charge on any atom is -0.379 e. The van der Waals surface area contributed by atoms with Gasteiger partial charge in [0.2, 0.25) is 0 Å². The van der Waals surface area contributed by atoms with Crippen molar-refractivity contribution in [2.75, 3.05) is 44.3 Å². The highest BCUT2D eigenvalue weighted by Gasteiger charge is 2.31. The number of hydrogen-bond acceptors (Lipinski definition) is 5. The normalized spacial score (nSPS) is 15.3. The summed E-state index contributed by atoms with van der Waals surface area (Å²) in [6, 6.07) is 8.39. The first-order chi connectivity index (χ1) is 15.2. The van der Waals surface area contributed by atoms with Gasteiger partial charge in [0.15, 0.2) is 5.13 Å². The van der Waals surface area contributed by atoms with E-state index in [1.165, 1.54) is 23.5 Å². The average molecular weight is 464 g/mol. The summed E-state index contributed by atoms with van der Waals surface area (Å²) in [6.07, 6.45) is -4.44. The van der Waals surface area contributed by atoms with Crippen LogP contribution in [0.5, 0.6) is 0 Å². The smallest absolute Gasteiger partial charge is 0.379 e. The van der Waals surface area contributed by atoms with E-state index in [9.17, 15) is 18.0 Å². The molecular formula is C23H24F3N3O2S. The first kappa shape index (κ1) is 22.7. The van der Waals surface area contributed by atoms with Crippen molar-refractivity contribution in [1.82, 2.24) is 9.88 Å². The molecule has 1 aliphatic rings. The summed E-state index contributed by atoms with van der Waals surface area (Å²) in [5, 5.41) is 0.545. The summed E-state index contributed by atoms with van der Waals surface area (Å²) < 4.78 is 45.2. The van der Waals surface area contributed by atoms with Crippen LogP contribution in [0.1, 0.15) is 27.0 Å². The highest BCUT2D eigenvalue weighted by molar-refractivity contribution is 7.22. The molecule has 32 heavy (non-hydrogen) atoms. The molecule has 4 rings (SSSR count). The monoisotopic (exact) mass is 463 g/mol. The second-order valence-electron chi connectivity index (χ2n) is 7.89. The molecule has 1 saturated heterocycles. The van der Waals surface area contributed by atoms with E-state index >= 15 is 0 Å². The van der Waals surface area contributed by atoms with E-state index in [0.29, 0.717) is 31.4 Å². The fourth-order valence-corrected chi connectivity index (χ4v) is 4.66. The number of hydrogen-bond donors (Lipinski definition) is 0. The number of aromatic nitrogens is 1. The quantitative estimate of drug-likeness (QED) is 0.539. The molecule has 0 saturated carbocycles. The van der Waals surface area contributed by atoms with E-state index in [2.05, 4.69) is 16.0 Å². The Morgan fingerprint density at radius 1 is 1.12 bits per heavy atom. The van der Waals surface area contributed by atoms with Gasteiger partial charge in [-0.1, -0.05) is 11.3 Å². The Morgan fingerprint density at radius 3 is 2.44 bits per heavy atom. The molecule has 0 N–H and O–H groups in total. The second kappa shape index (κ2) is 9.17. The van der Waals surface area contributed by atoms with Gasteiger partial charge in [0, 0.05) is 31.7 Å². The van der Waals surface area contributed by atoms with Crippen LogP contribution < -0.4 is 4.90 Å². The number of nitrogens with zero attached hydrogens (tertiary/aromatic N) is 3. The van der Waals surface area contributed by atoms with Crippen molar-refractivity contribution in [2.24, 2.45) is 0 Å². The maximum Gasteiger partial charge on any atom is 0.416 e. The predicted molar refractivity (Wildman–Crippen MR) is 119 cm³/mol. The van der Waals surface area contributed by atoms with Gasteiger partial charge in [0.05, 0.1) is 29.0 Å². The fourth-order valence-electron chi connectivity index (χ4n) is 3.59. The first-order valence-corrected chi connectivity index (χ1v) is 11.2. The van der Waals surface area contributed by atoms with Crippen LogP contribution in [0.3, 0.4) is 0 Å². The van der Waals surface area contributed by atoms with Crippen LogP contribution in [0.15, 0.2) is 36.4 Å². The predicted octanol–water partition coefficient (Wildman–Crippen LogP) is 4.91. The van der Waals surface area contributed by atoms with Gasteiger partial charge in [0.1, 0.15) is 0 Å². The molecule has 1 amide bonds. The van der Waals surface area contributed by atoms with E-state index in [4.69, 9.17) is 4.74 Å². The zero-order chi connectivity index (χ0) is 22.9. The summed E-state index contributed by atoms with van der Waals surface area (Å²) in [6.45, 7) is 7.90. The lowest BCUT2D eigenvalue weighted by Crippen LogP contribution is -2.43. The zero-order valence-corrected chi connectivity index (χ0v) is 18.7. The fraction of sp³-hybridized carbons (Fsp3) is 0.391. The Hall–Kier alpha value is -2.49. The average Bonchev–Trinajstić information content (AvgIpc) is 3.16. The van der Waals surface area contributed by atoms with Gasteiger partial charge in [-0.15, -0.1) is 0 Å². The Bertz CT molecular complexity index is 1070. The number of morpholine rings is 1. The molecule has 1 aliphatic heterocycles. The van der Waals surface area contributed by atoms with E-state index < -0.39 is 11.7 Å². The van der Waals surface area contributed by atoms with E-state index in [1.807, 2.05) is 19.9 Å². The molecule has 9 heteroatoms. The summed E-state index contributed by atoms with van der Waals surface area (Å²) in [5.41, 5.74) is 2.49. The molecule has 3 aromatic rings. The maximum absolute atomic E-state index is 13.4. The molecule has 5 nitrogen and oxygen atoms in total. The summed E-state index contributed by atoms with van der Waals surface area (Å²) in [5.74, 6) is -0.362. The van der Waals surface area contributed by atoms with E-state index in [-0.39, 0.29) is 11.5 Å². The van der Waals surface area contributed by atoms with Gasteiger partial charge in [-0.3, -0.25) is 14.6 Å². The Balaban J connectivity index is 1.64. The molecule has 1 fully saturated rings. The third-order valence-corrected chi connectivity index (χ3v) is 6.71. The van der Waals surface area contributed by atoms with Crippen molar-refractivity contribution in [2.45, 2.75) is 20.0 Å². The number of carbonyl (C=O) groups excluding carboxylic acids is 1. The van der Waals surface area contributed by atoms with Crippen molar-refractivity contribution in [3.63, 3.8) is 0 Å². The summed E-state index contributed by atoms with van der Waals surface area (Å²) in [7, 11) is 0. The first-order valence-electron chi connectivity index (χ1n) is 10.4. The van der Waals surface area contributed by atoms with Gasteiger partial charge in [-0.25, -0.2) is 4.98 Å². The van der Waals surface area contributed by atoms with Gasteiger partial charge < -0.3 is 4.74 Å². The van der Waals surface area contributed by atoms with Crippen molar-refractivity contribution in [3.8, 4) is 0 Å². The van der Waals surface area contributed by atoms with Gasteiger partial charge in [-0.2, -0.15) is 13.2 Å². The zero-order valence-electron chi connectivity index (χ0n) is 17.9. The van der Waals surface area contributed by atoms with Crippen molar-refractivity contribution < 1.29 is 22.7 Å². The molecule has 0 bridgehead atoms. The molecule has 0 aliphatic carbocycles. The summed E-state index contributed by atoms with van der Waals surface area (Å²) >= 11 is 1.42. The number of benzene rings is 2. The minimum atomic E-state index is -4.44. The molecule has 2 aromatic carbocycles. The number of halogens is 3.